The van der Waals surface area contributed by atoms with Gasteiger partial charge in [-0.1, -0.05) is 0 Å². The summed E-state index contributed by atoms with van der Waals surface area (Å²) in [4.78, 5) is 19.8. The number of carbonyl (C=O) groups is 1. The second-order valence-electron chi connectivity index (χ2n) is 3.20. The first kappa shape index (κ1) is 10.3. The highest BCUT2D eigenvalue weighted by molar-refractivity contribution is 5.97. The van der Waals surface area contributed by atoms with Crippen molar-refractivity contribution in [2.45, 2.75) is 6.54 Å². The molecule has 2 aromatic rings. The molecule has 0 aromatic carbocycles. The van der Waals surface area contributed by atoms with Gasteiger partial charge in [0, 0.05) is 30.7 Å². The number of nitrogens with two attached hydrogens (primary N) is 2. The highest BCUT2D eigenvalue weighted by atomic mass is 16.2. The van der Waals surface area contributed by atoms with Gasteiger partial charge >= 0.3 is 0 Å². The summed E-state index contributed by atoms with van der Waals surface area (Å²) in [5.74, 6) is -0.0804. The SMILES string of the molecule is NCc1cc(C(=O)n2ccnc2N)ccn1. The van der Waals surface area contributed by atoms with Crippen molar-refractivity contribution < 1.29 is 4.79 Å². The molecule has 0 atom stereocenters. The Balaban J connectivity index is 2.38. The fourth-order valence-corrected chi connectivity index (χ4v) is 1.35. The van der Waals surface area contributed by atoms with Crippen molar-refractivity contribution in [1.29, 1.82) is 0 Å². The van der Waals surface area contributed by atoms with Crippen LogP contribution in [0.4, 0.5) is 5.95 Å². The molecule has 2 aromatic heterocycles. The maximum atomic E-state index is 12.0. The number of aromatic nitrogens is 3. The smallest absolute Gasteiger partial charge is 0.264 e. The molecule has 0 aliphatic rings. The van der Waals surface area contributed by atoms with Crippen LogP contribution in [0.25, 0.3) is 0 Å². The van der Waals surface area contributed by atoms with Crippen LogP contribution in [0.1, 0.15) is 16.1 Å². The van der Waals surface area contributed by atoms with Crippen molar-refractivity contribution in [3.63, 3.8) is 0 Å². The number of hydrogen-bond acceptors (Lipinski definition) is 5. The quantitative estimate of drug-likeness (QED) is 0.738. The lowest BCUT2D eigenvalue weighted by Gasteiger charge is -2.04. The van der Waals surface area contributed by atoms with Gasteiger partial charge in [-0.3, -0.25) is 14.3 Å². The first-order valence-electron chi connectivity index (χ1n) is 4.71. The average molecular weight is 217 g/mol. The van der Waals surface area contributed by atoms with Gasteiger partial charge in [0.2, 0.25) is 5.95 Å². The minimum Gasteiger partial charge on any atom is -0.369 e. The van der Waals surface area contributed by atoms with Gasteiger partial charge in [-0.2, -0.15) is 0 Å². The summed E-state index contributed by atoms with van der Waals surface area (Å²) in [6, 6.07) is 3.25. The molecule has 0 aliphatic carbocycles. The van der Waals surface area contributed by atoms with Crippen LogP contribution in [-0.2, 0) is 6.54 Å². The third-order valence-corrected chi connectivity index (χ3v) is 2.16. The Labute approximate surface area is 91.9 Å². The summed E-state index contributed by atoms with van der Waals surface area (Å²) in [6.45, 7) is 0.292. The summed E-state index contributed by atoms with van der Waals surface area (Å²) in [6.07, 6.45) is 4.53. The number of anilines is 1. The summed E-state index contributed by atoms with van der Waals surface area (Å²) in [7, 11) is 0. The van der Waals surface area contributed by atoms with Gasteiger partial charge in [0.05, 0.1) is 5.69 Å². The van der Waals surface area contributed by atoms with Crippen molar-refractivity contribution in [1.82, 2.24) is 14.5 Å². The standard InChI is InChI=1S/C10H11N5O/c11-6-8-5-7(1-2-13-8)9(16)15-4-3-14-10(15)12/h1-5H,6,11H2,(H2,12,14). The van der Waals surface area contributed by atoms with Crippen LogP contribution in [0, 0.1) is 0 Å². The Hall–Kier alpha value is -2.21. The van der Waals surface area contributed by atoms with Crippen LogP contribution in [0.2, 0.25) is 0 Å². The monoisotopic (exact) mass is 217 g/mol. The molecule has 2 heterocycles. The topological polar surface area (TPSA) is 99.8 Å². The van der Waals surface area contributed by atoms with Crippen LogP contribution >= 0.6 is 0 Å². The third kappa shape index (κ3) is 1.78. The Morgan fingerprint density at radius 1 is 1.38 bits per heavy atom. The van der Waals surface area contributed by atoms with E-state index in [1.165, 1.54) is 17.0 Å². The lowest BCUT2D eigenvalue weighted by atomic mass is 10.2. The Morgan fingerprint density at radius 3 is 2.81 bits per heavy atom. The molecule has 0 spiro atoms. The second kappa shape index (κ2) is 4.11. The zero-order valence-electron chi connectivity index (χ0n) is 8.50. The molecule has 0 saturated carbocycles. The number of nitrogen functional groups attached to an aromatic ring is 1. The van der Waals surface area contributed by atoms with Gasteiger partial charge < -0.3 is 11.5 Å². The first-order valence-corrected chi connectivity index (χ1v) is 4.71. The minimum absolute atomic E-state index is 0.163. The maximum absolute atomic E-state index is 12.0. The van der Waals surface area contributed by atoms with Crippen LogP contribution in [0.3, 0.4) is 0 Å². The molecule has 82 valence electrons. The largest absolute Gasteiger partial charge is 0.369 e. The van der Waals surface area contributed by atoms with Crippen molar-refractivity contribution in [2.24, 2.45) is 5.73 Å². The van der Waals surface area contributed by atoms with Gasteiger partial charge in [-0.15, -0.1) is 0 Å². The van der Waals surface area contributed by atoms with Gasteiger partial charge in [0.15, 0.2) is 0 Å². The molecule has 0 fully saturated rings. The number of pyridine rings is 1. The first-order chi connectivity index (χ1) is 7.72. The van der Waals surface area contributed by atoms with Crippen LogP contribution in [0.15, 0.2) is 30.7 Å². The summed E-state index contributed by atoms with van der Waals surface area (Å²) in [5, 5.41) is 0. The van der Waals surface area contributed by atoms with E-state index in [1.807, 2.05) is 0 Å². The summed E-state index contributed by atoms with van der Waals surface area (Å²) >= 11 is 0. The minimum atomic E-state index is -0.243. The number of imidazole rings is 1. The van der Waals surface area contributed by atoms with Gasteiger partial charge in [0.25, 0.3) is 5.91 Å². The van der Waals surface area contributed by atoms with Crippen molar-refractivity contribution in [3.05, 3.63) is 42.0 Å². The van der Waals surface area contributed by atoms with Crippen LogP contribution in [0.5, 0.6) is 0 Å². The molecule has 6 nitrogen and oxygen atoms in total. The van der Waals surface area contributed by atoms with E-state index in [0.717, 1.165) is 0 Å². The van der Waals surface area contributed by atoms with Crippen molar-refractivity contribution >= 4 is 11.9 Å². The molecule has 6 heteroatoms. The van der Waals surface area contributed by atoms with E-state index in [2.05, 4.69) is 9.97 Å². The van der Waals surface area contributed by atoms with E-state index in [1.54, 1.807) is 18.3 Å². The van der Waals surface area contributed by atoms with E-state index in [9.17, 15) is 4.79 Å². The van der Waals surface area contributed by atoms with Crippen molar-refractivity contribution in [2.75, 3.05) is 5.73 Å². The highest BCUT2D eigenvalue weighted by Crippen LogP contribution is 2.07. The van der Waals surface area contributed by atoms with E-state index in [4.69, 9.17) is 11.5 Å². The Bertz CT molecular complexity index is 519. The molecule has 2 rings (SSSR count). The maximum Gasteiger partial charge on any atom is 0.264 e. The van der Waals surface area contributed by atoms with Gasteiger partial charge in [-0.05, 0) is 12.1 Å². The zero-order valence-corrected chi connectivity index (χ0v) is 8.50. The molecule has 0 saturated heterocycles. The number of rotatable bonds is 2. The molecule has 0 amide bonds. The predicted molar refractivity (Wildman–Crippen MR) is 58.5 cm³/mol. The Morgan fingerprint density at radius 2 is 2.19 bits per heavy atom. The average Bonchev–Trinajstić information content (AvgIpc) is 2.74. The molecule has 0 bridgehead atoms. The van der Waals surface area contributed by atoms with Crippen LogP contribution in [-0.4, -0.2) is 20.4 Å². The van der Waals surface area contributed by atoms with Crippen LogP contribution < -0.4 is 11.5 Å². The lowest BCUT2D eigenvalue weighted by molar-refractivity contribution is 0.0962. The molecular formula is C10H11N5O. The predicted octanol–water partition coefficient (Wildman–Crippen LogP) is 0.00750. The van der Waals surface area contributed by atoms with E-state index in [0.29, 0.717) is 17.8 Å². The summed E-state index contributed by atoms with van der Waals surface area (Å²) in [5.41, 5.74) is 12.1. The van der Waals surface area contributed by atoms with E-state index >= 15 is 0 Å². The molecule has 4 N–H and O–H groups in total. The normalized spacial score (nSPS) is 10.3. The zero-order chi connectivity index (χ0) is 11.5. The fraction of sp³-hybridized carbons (Fsp3) is 0.100. The van der Waals surface area contributed by atoms with Gasteiger partial charge in [0.1, 0.15) is 0 Å². The number of hydrogen-bond donors (Lipinski definition) is 2. The molecule has 16 heavy (non-hydrogen) atoms. The van der Waals surface area contributed by atoms with Crippen molar-refractivity contribution in [3.8, 4) is 0 Å². The third-order valence-electron chi connectivity index (χ3n) is 2.16. The second-order valence-corrected chi connectivity index (χ2v) is 3.20. The lowest BCUT2D eigenvalue weighted by Crippen LogP contribution is -2.14. The molecule has 0 aliphatic heterocycles. The Kier molecular flexibility index (Phi) is 2.65. The summed E-state index contributed by atoms with van der Waals surface area (Å²) < 4.78 is 1.27. The number of nitrogens with zero attached hydrogens (tertiary/aromatic N) is 3. The van der Waals surface area contributed by atoms with E-state index < -0.39 is 0 Å². The molecule has 0 radical (unpaired) electrons. The molecule has 0 unspecified atom stereocenters. The molecular weight excluding hydrogens is 206 g/mol. The highest BCUT2D eigenvalue weighted by Gasteiger charge is 2.11. The fourth-order valence-electron chi connectivity index (χ4n) is 1.35. The number of carbonyl (C=O) groups excluding carboxylic acids is 1. The van der Waals surface area contributed by atoms with Gasteiger partial charge in [-0.25, -0.2) is 4.98 Å². The van der Waals surface area contributed by atoms with E-state index in [-0.39, 0.29) is 11.9 Å².